The van der Waals surface area contributed by atoms with E-state index < -0.39 is 11.6 Å². The van der Waals surface area contributed by atoms with Crippen LogP contribution in [-0.2, 0) is 26.3 Å². The monoisotopic (exact) mass is 298 g/mol. The molecule has 1 aromatic heterocycles. The molecule has 7 nitrogen and oxygen atoms in total. The van der Waals surface area contributed by atoms with Crippen LogP contribution in [0.2, 0.25) is 0 Å². The number of nitrogens with zero attached hydrogens (tertiary/aromatic N) is 2. The molecule has 2 heterocycles. The summed E-state index contributed by atoms with van der Waals surface area (Å²) < 4.78 is 16.5. The number of aliphatic carboxylic acids is 1. The first-order valence-electron chi connectivity index (χ1n) is 7.32. The Morgan fingerprint density at radius 2 is 2.19 bits per heavy atom. The second-order valence-corrected chi connectivity index (χ2v) is 5.46. The molecule has 0 aliphatic carbocycles. The molecule has 1 N–H and O–H groups in total. The van der Waals surface area contributed by atoms with Crippen molar-refractivity contribution in [2.24, 2.45) is 5.92 Å². The van der Waals surface area contributed by atoms with E-state index in [9.17, 15) is 4.79 Å². The molecule has 1 atom stereocenters. The SMILES string of the molecule is CCOC1(c2noc(CC(C)CC(=O)O)n2)CCOCC1. The van der Waals surface area contributed by atoms with Gasteiger partial charge in [-0.05, 0) is 12.8 Å². The largest absolute Gasteiger partial charge is 0.481 e. The second kappa shape index (κ2) is 7.00. The molecule has 118 valence electrons. The normalized spacial score (nSPS) is 19.3. The fraction of sp³-hybridized carbons (Fsp3) is 0.786. The third-order valence-corrected chi connectivity index (χ3v) is 3.64. The summed E-state index contributed by atoms with van der Waals surface area (Å²) in [5, 5.41) is 12.8. The van der Waals surface area contributed by atoms with E-state index in [1.165, 1.54) is 0 Å². The molecule has 0 aromatic carbocycles. The van der Waals surface area contributed by atoms with Crippen LogP contribution >= 0.6 is 0 Å². The predicted octanol–water partition coefficient (Wildman–Crippen LogP) is 1.77. The maximum atomic E-state index is 10.7. The Hall–Kier alpha value is -1.47. The van der Waals surface area contributed by atoms with Gasteiger partial charge in [-0.25, -0.2) is 0 Å². The van der Waals surface area contributed by atoms with E-state index in [2.05, 4.69) is 10.1 Å². The first-order valence-corrected chi connectivity index (χ1v) is 7.32. The molecule has 7 heteroatoms. The lowest BCUT2D eigenvalue weighted by Crippen LogP contribution is -2.37. The Bertz CT molecular complexity index is 462. The van der Waals surface area contributed by atoms with Gasteiger partial charge in [-0.3, -0.25) is 4.79 Å². The lowest BCUT2D eigenvalue weighted by atomic mass is 9.93. The van der Waals surface area contributed by atoms with Crippen molar-refractivity contribution in [1.82, 2.24) is 10.1 Å². The predicted molar refractivity (Wildman–Crippen MR) is 72.8 cm³/mol. The summed E-state index contributed by atoms with van der Waals surface area (Å²) in [4.78, 5) is 15.1. The number of ether oxygens (including phenoxy) is 2. The Labute approximate surface area is 123 Å². The molecule has 1 unspecified atom stereocenters. The fourth-order valence-corrected chi connectivity index (χ4v) is 2.60. The Kier molecular flexibility index (Phi) is 5.30. The molecule has 0 radical (unpaired) electrons. The lowest BCUT2D eigenvalue weighted by molar-refractivity contribution is -0.137. The molecule has 1 saturated heterocycles. The number of aromatic nitrogens is 2. The van der Waals surface area contributed by atoms with Crippen molar-refractivity contribution in [1.29, 1.82) is 0 Å². The zero-order valence-electron chi connectivity index (χ0n) is 12.5. The molecule has 2 rings (SSSR count). The molecular formula is C14H22N2O5. The molecule has 21 heavy (non-hydrogen) atoms. The topological polar surface area (TPSA) is 94.7 Å². The molecular weight excluding hydrogens is 276 g/mol. The van der Waals surface area contributed by atoms with Gasteiger partial charge in [-0.1, -0.05) is 12.1 Å². The number of hydrogen-bond donors (Lipinski definition) is 1. The number of hydrogen-bond acceptors (Lipinski definition) is 6. The molecule has 0 amide bonds. The molecule has 0 saturated carbocycles. The summed E-state index contributed by atoms with van der Waals surface area (Å²) in [5.74, 6) is 0.139. The maximum absolute atomic E-state index is 10.7. The Morgan fingerprint density at radius 3 is 2.81 bits per heavy atom. The first-order chi connectivity index (χ1) is 10.1. The van der Waals surface area contributed by atoms with Crippen LogP contribution in [0.3, 0.4) is 0 Å². The van der Waals surface area contributed by atoms with Gasteiger partial charge >= 0.3 is 5.97 Å². The van der Waals surface area contributed by atoms with E-state index in [0.717, 1.165) is 0 Å². The van der Waals surface area contributed by atoms with Crippen LogP contribution in [0.4, 0.5) is 0 Å². The summed E-state index contributed by atoms with van der Waals surface area (Å²) in [6.45, 7) is 5.58. The fourth-order valence-electron chi connectivity index (χ4n) is 2.60. The zero-order valence-corrected chi connectivity index (χ0v) is 12.5. The van der Waals surface area contributed by atoms with Crippen LogP contribution in [0.1, 0.15) is 44.8 Å². The highest BCUT2D eigenvalue weighted by molar-refractivity contribution is 5.66. The van der Waals surface area contributed by atoms with Gasteiger partial charge in [0.1, 0.15) is 5.60 Å². The molecule has 1 aliphatic rings. The van der Waals surface area contributed by atoms with E-state index in [1.807, 2.05) is 13.8 Å². The van der Waals surface area contributed by atoms with Crippen LogP contribution < -0.4 is 0 Å². The Balaban J connectivity index is 2.07. The van der Waals surface area contributed by atoms with Crippen molar-refractivity contribution in [3.63, 3.8) is 0 Å². The van der Waals surface area contributed by atoms with E-state index in [-0.39, 0.29) is 12.3 Å². The highest BCUT2D eigenvalue weighted by atomic mass is 16.5. The average Bonchev–Trinajstić information content (AvgIpc) is 2.88. The second-order valence-electron chi connectivity index (χ2n) is 5.46. The van der Waals surface area contributed by atoms with Crippen LogP contribution in [0.5, 0.6) is 0 Å². The van der Waals surface area contributed by atoms with Gasteiger partial charge < -0.3 is 19.1 Å². The van der Waals surface area contributed by atoms with Gasteiger partial charge in [-0.2, -0.15) is 4.98 Å². The van der Waals surface area contributed by atoms with Gasteiger partial charge in [0.25, 0.3) is 0 Å². The molecule has 1 fully saturated rings. The van der Waals surface area contributed by atoms with Gasteiger partial charge in [0.05, 0.1) is 0 Å². The van der Waals surface area contributed by atoms with Crippen molar-refractivity contribution in [3.8, 4) is 0 Å². The number of rotatable bonds is 7. The summed E-state index contributed by atoms with van der Waals surface area (Å²) in [6.07, 6.45) is 1.94. The van der Waals surface area contributed by atoms with Crippen LogP contribution in [0.25, 0.3) is 0 Å². The van der Waals surface area contributed by atoms with Crippen molar-refractivity contribution in [3.05, 3.63) is 11.7 Å². The quantitative estimate of drug-likeness (QED) is 0.819. The molecule has 0 bridgehead atoms. The molecule has 1 aromatic rings. The summed E-state index contributed by atoms with van der Waals surface area (Å²) in [7, 11) is 0. The number of carboxylic acids is 1. The number of carboxylic acid groups (broad SMARTS) is 1. The summed E-state index contributed by atoms with van der Waals surface area (Å²) >= 11 is 0. The van der Waals surface area contributed by atoms with Crippen molar-refractivity contribution >= 4 is 5.97 Å². The third kappa shape index (κ3) is 4.01. The Morgan fingerprint density at radius 1 is 1.48 bits per heavy atom. The van der Waals surface area contributed by atoms with Crippen molar-refractivity contribution in [2.45, 2.75) is 45.1 Å². The minimum absolute atomic E-state index is 0.0477. The van der Waals surface area contributed by atoms with Gasteiger partial charge in [0, 0.05) is 45.5 Å². The van der Waals surface area contributed by atoms with Gasteiger partial charge in [0.2, 0.25) is 11.7 Å². The summed E-state index contributed by atoms with van der Waals surface area (Å²) in [5.41, 5.74) is -0.537. The minimum atomic E-state index is -0.822. The van der Waals surface area contributed by atoms with E-state index >= 15 is 0 Å². The van der Waals surface area contributed by atoms with E-state index in [4.69, 9.17) is 19.1 Å². The molecule has 1 aliphatic heterocycles. The van der Waals surface area contributed by atoms with Crippen LogP contribution in [0, 0.1) is 5.92 Å². The number of carbonyl (C=O) groups is 1. The molecule has 0 spiro atoms. The van der Waals surface area contributed by atoms with Crippen molar-refractivity contribution in [2.75, 3.05) is 19.8 Å². The van der Waals surface area contributed by atoms with Crippen LogP contribution in [-0.4, -0.2) is 41.0 Å². The van der Waals surface area contributed by atoms with Crippen molar-refractivity contribution < 1.29 is 23.9 Å². The maximum Gasteiger partial charge on any atom is 0.303 e. The standard InChI is InChI=1S/C14H22N2O5/c1-3-20-14(4-6-19-7-5-14)13-15-11(21-16-13)8-10(2)9-12(17)18/h10H,3-9H2,1-2H3,(H,17,18). The smallest absolute Gasteiger partial charge is 0.303 e. The third-order valence-electron chi connectivity index (χ3n) is 3.64. The average molecular weight is 298 g/mol. The summed E-state index contributed by atoms with van der Waals surface area (Å²) in [6, 6.07) is 0. The van der Waals surface area contributed by atoms with E-state index in [1.54, 1.807) is 0 Å². The first kappa shape index (κ1) is 15.9. The zero-order chi connectivity index (χ0) is 15.3. The van der Waals surface area contributed by atoms with Gasteiger partial charge in [-0.15, -0.1) is 0 Å². The highest BCUT2D eigenvalue weighted by Gasteiger charge is 2.39. The highest BCUT2D eigenvalue weighted by Crippen LogP contribution is 2.34. The minimum Gasteiger partial charge on any atom is -0.481 e. The van der Waals surface area contributed by atoms with Gasteiger partial charge in [0.15, 0.2) is 0 Å². The van der Waals surface area contributed by atoms with Crippen LogP contribution in [0.15, 0.2) is 4.52 Å². The lowest BCUT2D eigenvalue weighted by Gasteiger charge is -2.33. The van der Waals surface area contributed by atoms with E-state index in [0.29, 0.717) is 50.8 Å².